The van der Waals surface area contributed by atoms with Gasteiger partial charge in [-0.05, 0) is 37.1 Å². The van der Waals surface area contributed by atoms with Crippen molar-refractivity contribution >= 4 is 49.1 Å². The summed E-state index contributed by atoms with van der Waals surface area (Å²) in [6, 6.07) is 11.6. The number of carbonyl (C=O) groups excluding carboxylic acids is 1. The number of carbonyl (C=O) groups is 1. The topological polar surface area (TPSA) is 97.2 Å². The van der Waals surface area contributed by atoms with Crippen molar-refractivity contribution in [2.75, 3.05) is 57.4 Å². The Morgan fingerprint density at radius 3 is 2.81 bits per heavy atom. The third-order valence-electron chi connectivity index (χ3n) is 6.82. The molecule has 5 heterocycles. The van der Waals surface area contributed by atoms with Crippen molar-refractivity contribution in [3.63, 3.8) is 0 Å². The second-order valence-electron chi connectivity index (χ2n) is 9.15. The van der Waals surface area contributed by atoms with Gasteiger partial charge in [-0.25, -0.2) is 4.98 Å². The van der Waals surface area contributed by atoms with Gasteiger partial charge in [-0.15, -0.1) is 11.3 Å². The van der Waals surface area contributed by atoms with Gasteiger partial charge in [-0.2, -0.15) is 0 Å². The maximum absolute atomic E-state index is 13.6. The van der Waals surface area contributed by atoms with E-state index in [2.05, 4.69) is 15.5 Å². The normalized spacial score (nSPS) is 18.4. The van der Waals surface area contributed by atoms with Gasteiger partial charge in [0.2, 0.25) is 5.43 Å². The molecule has 2 saturated heterocycles. The Kier molecular flexibility index (Phi) is 6.58. The van der Waals surface area contributed by atoms with Crippen LogP contribution >= 0.6 is 11.3 Å². The standard InChI is InChI=1S/C26H29N5O4S/c32-23-18-7-8-21(30-11-14-34-15-12-30)29-24(18)31-19-5-1-2-6-20(19)36-26(31)22(23)25(33)28-10-9-27-16-17-4-3-13-35-17/h1-2,5-8,17,27H,3-4,9-16H2,(H,28,33)/t17-/m1/s1. The van der Waals surface area contributed by atoms with Crippen molar-refractivity contribution in [2.45, 2.75) is 18.9 Å². The van der Waals surface area contributed by atoms with Crippen LogP contribution in [-0.2, 0) is 9.47 Å². The summed E-state index contributed by atoms with van der Waals surface area (Å²) in [5.74, 6) is 0.450. The highest BCUT2D eigenvalue weighted by Crippen LogP contribution is 2.31. The summed E-state index contributed by atoms with van der Waals surface area (Å²) in [5, 5.41) is 6.71. The summed E-state index contributed by atoms with van der Waals surface area (Å²) in [7, 11) is 0. The van der Waals surface area contributed by atoms with Gasteiger partial charge in [0.15, 0.2) is 5.65 Å². The van der Waals surface area contributed by atoms with E-state index in [0.29, 0.717) is 42.2 Å². The first-order valence-electron chi connectivity index (χ1n) is 12.5. The molecule has 1 amide bonds. The molecule has 3 aromatic heterocycles. The predicted octanol–water partition coefficient (Wildman–Crippen LogP) is 2.40. The summed E-state index contributed by atoms with van der Waals surface area (Å²) in [5.41, 5.74) is 1.39. The number of benzene rings is 1. The number of morpholine rings is 1. The van der Waals surface area contributed by atoms with Crippen molar-refractivity contribution in [3.8, 4) is 0 Å². The fraction of sp³-hybridized carbons (Fsp3) is 0.423. The summed E-state index contributed by atoms with van der Waals surface area (Å²) in [6.07, 6.45) is 2.42. The second-order valence-corrected chi connectivity index (χ2v) is 10.2. The number of nitrogens with zero attached hydrogens (tertiary/aromatic N) is 3. The lowest BCUT2D eigenvalue weighted by molar-refractivity contribution is 0.0952. The molecule has 10 heteroatoms. The molecule has 1 atom stereocenters. The van der Waals surface area contributed by atoms with Crippen molar-refractivity contribution in [3.05, 3.63) is 52.2 Å². The summed E-state index contributed by atoms with van der Waals surface area (Å²) < 4.78 is 14.1. The van der Waals surface area contributed by atoms with Crippen LogP contribution < -0.4 is 21.0 Å². The lowest BCUT2D eigenvalue weighted by Gasteiger charge is -2.27. The zero-order valence-corrected chi connectivity index (χ0v) is 20.8. The fourth-order valence-electron chi connectivity index (χ4n) is 4.97. The van der Waals surface area contributed by atoms with E-state index in [1.165, 1.54) is 11.3 Å². The van der Waals surface area contributed by atoms with Crippen LogP contribution in [0.1, 0.15) is 23.2 Å². The minimum atomic E-state index is -0.359. The monoisotopic (exact) mass is 507 g/mol. The van der Waals surface area contributed by atoms with Crippen LogP contribution in [0.4, 0.5) is 5.82 Å². The van der Waals surface area contributed by atoms with E-state index < -0.39 is 0 Å². The molecule has 9 nitrogen and oxygen atoms in total. The average Bonchev–Trinajstić information content (AvgIpc) is 3.57. The quantitative estimate of drug-likeness (QED) is 0.371. The van der Waals surface area contributed by atoms with Crippen LogP contribution in [0.15, 0.2) is 41.2 Å². The number of amides is 1. The molecule has 0 radical (unpaired) electrons. The molecule has 0 bridgehead atoms. The maximum atomic E-state index is 13.6. The predicted molar refractivity (Wildman–Crippen MR) is 142 cm³/mol. The number of aromatic nitrogens is 2. The lowest BCUT2D eigenvalue weighted by atomic mass is 10.1. The molecule has 2 aliphatic heterocycles. The van der Waals surface area contributed by atoms with E-state index in [-0.39, 0.29) is 23.0 Å². The van der Waals surface area contributed by atoms with E-state index >= 15 is 0 Å². The first kappa shape index (κ1) is 23.4. The van der Waals surface area contributed by atoms with Gasteiger partial charge in [0.1, 0.15) is 16.2 Å². The zero-order valence-electron chi connectivity index (χ0n) is 20.0. The van der Waals surface area contributed by atoms with E-state index in [4.69, 9.17) is 14.5 Å². The van der Waals surface area contributed by atoms with Crippen LogP contribution in [0.3, 0.4) is 0 Å². The summed E-state index contributed by atoms with van der Waals surface area (Å²) >= 11 is 1.44. The molecular weight excluding hydrogens is 478 g/mol. The van der Waals surface area contributed by atoms with Crippen molar-refractivity contribution in [2.24, 2.45) is 0 Å². The number of ether oxygens (including phenoxy) is 2. The molecule has 2 N–H and O–H groups in total. The van der Waals surface area contributed by atoms with Gasteiger partial charge in [0.05, 0.1) is 34.9 Å². The third kappa shape index (κ3) is 4.34. The molecule has 6 rings (SSSR count). The Labute approximate surface area is 212 Å². The Morgan fingerprint density at radius 1 is 1.11 bits per heavy atom. The van der Waals surface area contributed by atoms with Crippen LogP contribution in [0.5, 0.6) is 0 Å². The van der Waals surface area contributed by atoms with Crippen LogP contribution in [0, 0.1) is 0 Å². The third-order valence-corrected chi connectivity index (χ3v) is 7.96. The van der Waals surface area contributed by atoms with Gasteiger partial charge in [-0.1, -0.05) is 12.1 Å². The molecule has 188 valence electrons. The van der Waals surface area contributed by atoms with Crippen molar-refractivity contribution < 1.29 is 14.3 Å². The molecular formula is C26H29N5O4S. The molecule has 36 heavy (non-hydrogen) atoms. The molecule has 0 saturated carbocycles. The van der Waals surface area contributed by atoms with E-state index in [9.17, 15) is 9.59 Å². The number of para-hydroxylation sites is 1. The van der Waals surface area contributed by atoms with Gasteiger partial charge >= 0.3 is 0 Å². The minimum Gasteiger partial charge on any atom is -0.378 e. The van der Waals surface area contributed by atoms with Gasteiger partial charge in [0, 0.05) is 39.3 Å². The van der Waals surface area contributed by atoms with Crippen LogP contribution in [0.2, 0.25) is 0 Å². The highest BCUT2D eigenvalue weighted by molar-refractivity contribution is 7.24. The molecule has 2 aliphatic rings. The second kappa shape index (κ2) is 10.1. The Morgan fingerprint density at radius 2 is 1.97 bits per heavy atom. The summed E-state index contributed by atoms with van der Waals surface area (Å²) in [4.78, 5) is 34.7. The Hall–Kier alpha value is -3.05. The molecule has 0 spiro atoms. The maximum Gasteiger partial charge on any atom is 0.258 e. The molecule has 2 fully saturated rings. The number of anilines is 1. The van der Waals surface area contributed by atoms with Crippen LogP contribution in [0.25, 0.3) is 26.1 Å². The number of nitrogens with one attached hydrogen (secondary N) is 2. The number of thiazole rings is 1. The average molecular weight is 508 g/mol. The number of rotatable bonds is 7. The van der Waals surface area contributed by atoms with Crippen LogP contribution in [-0.4, -0.2) is 73.9 Å². The highest BCUT2D eigenvalue weighted by atomic mass is 32.1. The first-order chi connectivity index (χ1) is 17.7. The van der Waals surface area contributed by atoms with Crippen molar-refractivity contribution in [1.82, 2.24) is 20.0 Å². The Bertz CT molecular complexity index is 1470. The molecule has 0 unspecified atom stereocenters. The summed E-state index contributed by atoms with van der Waals surface area (Å²) in [6.45, 7) is 5.44. The van der Waals surface area contributed by atoms with E-state index in [1.54, 1.807) is 6.07 Å². The number of pyridine rings is 2. The largest absolute Gasteiger partial charge is 0.378 e. The van der Waals surface area contributed by atoms with Gasteiger partial charge in [-0.3, -0.25) is 14.0 Å². The first-order valence-corrected chi connectivity index (χ1v) is 13.3. The van der Waals surface area contributed by atoms with Crippen molar-refractivity contribution in [1.29, 1.82) is 0 Å². The van der Waals surface area contributed by atoms with Gasteiger partial charge in [0.25, 0.3) is 5.91 Å². The van der Waals surface area contributed by atoms with E-state index in [1.807, 2.05) is 34.7 Å². The fourth-order valence-corrected chi connectivity index (χ4v) is 6.15. The number of hydrogen-bond donors (Lipinski definition) is 2. The molecule has 0 aliphatic carbocycles. The van der Waals surface area contributed by atoms with E-state index in [0.717, 1.165) is 55.1 Å². The number of fused-ring (bicyclic) bond motifs is 5. The zero-order chi connectivity index (χ0) is 24.5. The smallest absolute Gasteiger partial charge is 0.258 e. The Balaban J connectivity index is 1.35. The number of hydrogen-bond acceptors (Lipinski definition) is 8. The molecule has 4 aromatic rings. The SMILES string of the molecule is O=C(NCCNC[C@H]1CCCO1)c1c(=O)c2ccc(N3CCOCC3)nc2n2c1sc1ccccc12. The minimum absolute atomic E-state index is 0.170. The highest BCUT2D eigenvalue weighted by Gasteiger charge is 2.23. The lowest BCUT2D eigenvalue weighted by Crippen LogP contribution is -2.37. The molecule has 1 aromatic carbocycles. The van der Waals surface area contributed by atoms with Gasteiger partial charge < -0.3 is 25.0 Å².